The second-order valence-corrected chi connectivity index (χ2v) is 8.27. The lowest BCUT2D eigenvalue weighted by Gasteiger charge is -2.34. The number of carbonyl (C=O) groups is 2. The summed E-state index contributed by atoms with van der Waals surface area (Å²) in [6, 6.07) is 13.0. The average Bonchev–Trinajstić information content (AvgIpc) is 3.31. The van der Waals surface area contributed by atoms with Crippen LogP contribution >= 0.6 is 0 Å². The molecule has 1 atom stereocenters. The first-order chi connectivity index (χ1) is 15.5. The molecular weight excluding hydrogens is 404 g/mol. The Kier molecular flexibility index (Phi) is 6.63. The van der Waals surface area contributed by atoms with Gasteiger partial charge in [0.05, 0.1) is 0 Å². The smallest absolute Gasteiger partial charge is 0.276 e. The van der Waals surface area contributed by atoms with Crippen LogP contribution in [0.15, 0.2) is 53.2 Å². The molecule has 0 aliphatic carbocycles. The Morgan fingerprint density at radius 1 is 1.16 bits per heavy atom. The zero-order valence-electron chi connectivity index (χ0n) is 18.5. The quantitative estimate of drug-likeness (QED) is 0.642. The molecule has 0 spiro atoms. The van der Waals surface area contributed by atoms with Gasteiger partial charge in [-0.25, -0.2) is 0 Å². The van der Waals surface area contributed by atoms with Gasteiger partial charge in [-0.05, 0) is 56.9 Å². The van der Waals surface area contributed by atoms with Crippen LogP contribution in [0, 0.1) is 13.8 Å². The van der Waals surface area contributed by atoms with Crippen molar-refractivity contribution in [1.29, 1.82) is 0 Å². The summed E-state index contributed by atoms with van der Waals surface area (Å²) < 4.78 is 5.50. The van der Waals surface area contributed by atoms with Gasteiger partial charge in [0.1, 0.15) is 6.04 Å². The van der Waals surface area contributed by atoms with Gasteiger partial charge in [0.25, 0.3) is 5.91 Å². The van der Waals surface area contributed by atoms with Gasteiger partial charge in [0.2, 0.25) is 5.91 Å². The first kappa shape index (κ1) is 21.7. The molecule has 7 heteroatoms. The Morgan fingerprint density at radius 3 is 2.84 bits per heavy atom. The minimum absolute atomic E-state index is 0.132. The van der Waals surface area contributed by atoms with Crippen LogP contribution in [0.1, 0.15) is 46.6 Å². The van der Waals surface area contributed by atoms with E-state index in [9.17, 15) is 9.59 Å². The molecule has 1 aliphatic rings. The fourth-order valence-corrected chi connectivity index (χ4v) is 4.08. The van der Waals surface area contributed by atoms with Crippen molar-refractivity contribution in [1.82, 2.24) is 20.4 Å². The lowest BCUT2D eigenvalue weighted by atomic mass is 10.00. The Morgan fingerprint density at radius 2 is 2.03 bits per heavy atom. The number of hydrogen-bond donors (Lipinski definition) is 1. The van der Waals surface area contributed by atoms with Crippen LogP contribution in [-0.4, -0.2) is 46.0 Å². The molecule has 1 aliphatic heterocycles. The predicted molar refractivity (Wildman–Crippen MR) is 121 cm³/mol. The summed E-state index contributed by atoms with van der Waals surface area (Å²) in [7, 11) is 0. The van der Waals surface area contributed by atoms with Crippen LogP contribution in [0.2, 0.25) is 0 Å². The van der Waals surface area contributed by atoms with E-state index in [4.69, 9.17) is 4.52 Å². The van der Waals surface area contributed by atoms with E-state index < -0.39 is 6.04 Å². The number of hydrogen-bond acceptors (Lipinski definition) is 5. The van der Waals surface area contributed by atoms with Crippen molar-refractivity contribution < 1.29 is 14.1 Å². The maximum absolute atomic E-state index is 13.2. The fraction of sp³-hybridized carbons (Fsp3) is 0.360. The molecule has 0 saturated carbocycles. The minimum atomic E-state index is -0.499. The third-order valence-corrected chi connectivity index (χ3v) is 5.86. The average molecular weight is 433 g/mol. The highest BCUT2D eigenvalue weighted by Crippen LogP contribution is 2.27. The molecule has 2 aromatic heterocycles. The Balaban J connectivity index is 1.44. The number of pyridine rings is 1. The number of amides is 2. The standard InChI is InChI=1S/C25H28N4O3/c1-17-9-10-18(2)20(15-17)23-16-21(28-32-23)25(31)29-14-6-4-8-22(29)24(30)27-13-11-19-7-3-5-12-26-19/h3,5,7,9-10,12,15-16,22H,4,6,8,11,13-14H2,1-2H3,(H,27,30)/t22-/m1/s1. The Hall–Kier alpha value is -3.48. The number of piperidine rings is 1. The van der Waals surface area contributed by atoms with Crippen molar-refractivity contribution in [3.63, 3.8) is 0 Å². The molecule has 1 aromatic carbocycles. The fourth-order valence-electron chi connectivity index (χ4n) is 4.08. The van der Waals surface area contributed by atoms with Crippen molar-refractivity contribution in [3.05, 3.63) is 71.2 Å². The second-order valence-electron chi connectivity index (χ2n) is 8.27. The molecule has 1 fully saturated rings. The van der Waals surface area contributed by atoms with Gasteiger partial charge in [0, 0.05) is 43.0 Å². The van der Waals surface area contributed by atoms with Crippen LogP contribution in [0.3, 0.4) is 0 Å². The van der Waals surface area contributed by atoms with E-state index in [-0.39, 0.29) is 17.5 Å². The highest BCUT2D eigenvalue weighted by molar-refractivity contribution is 5.97. The molecular formula is C25H28N4O3. The van der Waals surface area contributed by atoms with Crippen LogP contribution in [0.25, 0.3) is 11.3 Å². The highest BCUT2D eigenvalue weighted by atomic mass is 16.5. The molecule has 0 radical (unpaired) electrons. The summed E-state index contributed by atoms with van der Waals surface area (Å²) >= 11 is 0. The molecule has 166 valence electrons. The van der Waals surface area contributed by atoms with Crippen molar-refractivity contribution >= 4 is 11.8 Å². The van der Waals surface area contributed by atoms with Crippen LogP contribution in [-0.2, 0) is 11.2 Å². The molecule has 32 heavy (non-hydrogen) atoms. The van der Waals surface area contributed by atoms with Gasteiger partial charge in [0.15, 0.2) is 11.5 Å². The van der Waals surface area contributed by atoms with Crippen LogP contribution in [0.4, 0.5) is 0 Å². The number of aromatic nitrogens is 2. The number of likely N-dealkylation sites (tertiary alicyclic amines) is 1. The molecule has 1 N–H and O–H groups in total. The van der Waals surface area contributed by atoms with Gasteiger partial charge in [-0.1, -0.05) is 28.9 Å². The first-order valence-electron chi connectivity index (χ1n) is 11.1. The summed E-state index contributed by atoms with van der Waals surface area (Å²) in [5.74, 6) is 0.157. The topological polar surface area (TPSA) is 88.3 Å². The normalized spacial score (nSPS) is 16.1. The number of aryl methyl sites for hydroxylation is 2. The maximum atomic E-state index is 13.2. The highest BCUT2D eigenvalue weighted by Gasteiger charge is 2.34. The number of rotatable bonds is 6. The Labute approximate surface area is 187 Å². The van der Waals surface area contributed by atoms with Gasteiger partial charge in [-0.15, -0.1) is 0 Å². The van der Waals surface area contributed by atoms with Gasteiger partial charge < -0.3 is 14.7 Å². The lowest BCUT2D eigenvalue weighted by Crippen LogP contribution is -2.52. The molecule has 4 rings (SSSR count). The molecule has 3 heterocycles. The van der Waals surface area contributed by atoms with Crippen LogP contribution in [0.5, 0.6) is 0 Å². The molecule has 7 nitrogen and oxygen atoms in total. The monoisotopic (exact) mass is 432 g/mol. The SMILES string of the molecule is Cc1ccc(C)c(-c2cc(C(=O)N3CCCC[C@@H]3C(=O)NCCc3ccccn3)no2)c1. The number of nitrogens with zero attached hydrogens (tertiary/aromatic N) is 3. The minimum Gasteiger partial charge on any atom is -0.355 e. The van der Waals surface area contributed by atoms with Crippen molar-refractivity contribution in [2.75, 3.05) is 13.1 Å². The lowest BCUT2D eigenvalue weighted by molar-refractivity contribution is -0.126. The zero-order valence-corrected chi connectivity index (χ0v) is 18.5. The third kappa shape index (κ3) is 4.88. The zero-order chi connectivity index (χ0) is 22.5. The summed E-state index contributed by atoms with van der Waals surface area (Å²) in [6.07, 6.45) is 4.81. The second kappa shape index (κ2) is 9.77. The first-order valence-corrected chi connectivity index (χ1v) is 11.1. The van der Waals surface area contributed by atoms with E-state index in [1.807, 2.05) is 50.2 Å². The van der Waals surface area contributed by atoms with E-state index in [2.05, 4.69) is 15.5 Å². The van der Waals surface area contributed by atoms with E-state index in [0.717, 1.165) is 35.2 Å². The van der Waals surface area contributed by atoms with Crippen LogP contribution < -0.4 is 5.32 Å². The summed E-state index contributed by atoms with van der Waals surface area (Å²) in [4.78, 5) is 32.0. The number of carbonyl (C=O) groups excluding carboxylic acids is 2. The molecule has 0 bridgehead atoms. The molecule has 2 amide bonds. The summed E-state index contributed by atoms with van der Waals surface area (Å²) in [5.41, 5.74) is 4.22. The molecule has 1 saturated heterocycles. The van der Waals surface area contributed by atoms with Crippen molar-refractivity contribution in [2.24, 2.45) is 0 Å². The van der Waals surface area contributed by atoms with E-state index in [0.29, 0.717) is 31.7 Å². The number of nitrogens with one attached hydrogen (secondary N) is 1. The van der Waals surface area contributed by atoms with E-state index in [1.54, 1.807) is 17.2 Å². The van der Waals surface area contributed by atoms with Crippen molar-refractivity contribution in [3.8, 4) is 11.3 Å². The maximum Gasteiger partial charge on any atom is 0.276 e. The number of benzene rings is 1. The van der Waals surface area contributed by atoms with E-state index in [1.165, 1.54) is 0 Å². The molecule has 0 unspecified atom stereocenters. The predicted octanol–water partition coefficient (Wildman–Crippen LogP) is 3.71. The third-order valence-electron chi connectivity index (χ3n) is 5.86. The van der Waals surface area contributed by atoms with Gasteiger partial charge in [-0.3, -0.25) is 14.6 Å². The van der Waals surface area contributed by atoms with Gasteiger partial charge >= 0.3 is 0 Å². The largest absolute Gasteiger partial charge is 0.355 e. The molecule has 3 aromatic rings. The Bertz CT molecular complexity index is 1090. The van der Waals surface area contributed by atoms with E-state index >= 15 is 0 Å². The van der Waals surface area contributed by atoms with Gasteiger partial charge in [-0.2, -0.15) is 0 Å². The summed E-state index contributed by atoms with van der Waals surface area (Å²) in [5, 5.41) is 6.99. The van der Waals surface area contributed by atoms with Crippen molar-refractivity contribution in [2.45, 2.75) is 45.6 Å². The summed E-state index contributed by atoms with van der Waals surface area (Å²) in [6.45, 7) is 5.02.